The zero-order valence-electron chi connectivity index (χ0n) is 9.89. The first-order valence-electron chi connectivity index (χ1n) is 5.18. The summed E-state index contributed by atoms with van der Waals surface area (Å²) in [5, 5.41) is 0. The van der Waals surface area contributed by atoms with Gasteiger partial charge in [0.2, 0.25) is 0 Å². The third kappa shape index (κ3) is 1.42. The monoisotopic (exact) mass is 243 g/mol. The predicted octanol–water partition coefficient (Wildman–Crippen LogP) is 3.57. The number of hydrogen-bond acceptors (Lipinski definition) is 2. The smallest absolute Gasteiger partial charge is 0.0797 e. The summed E-state index contributed by atoms with van der Waals surface area (Å²) in [7, 11) is 0. The van der Waals surface area contributed by atoms with Gasteiger partial charge in [0.05, 0.1) is 15.9 Å². The summed E-state index contributed by atoms with van der Waals surface area (Å²) >= 11 is 4.54. The van der Waals surface area contributed by atoms with Gasteiger partial charge >= 0.3 is 0 Å². The van der Waals surface area contributed by atoms with Crippen LogP contribution in [0.15, 0.2) is 40.3 Å². The largest absolute Gasteiger partial charge is 0.252 e. The Morgan fingerprint density at radius 2 is 2.25 bits per heavy atom. The Morgan fingerprint density at radius 3 is 3.00 bits per heavy atom. The highest BCUT2D eigenvalue weighted by Gasteiger charge is 2.01. The van der Waals surface area contributed by atoms with Crippen molar-refractivity contribution in [1.29, 1.82) is 0 Å². The Morgan fingerprint density at radius 1 is 1.42 bits per heavy atom. The Kier molecular flexibility index (Phi) is 1.27. The highest BCUT2D eigenvalue weighted by atomic mass is 79.9. The van der Waals surface area contributed by atoms with Crippen molar-refractivity contribution in [1.82, 2.24) is 4.98 Å². The molecule has 0 spiro atoms. The molecule has 0 aliphatic heterocycles. The lowest BCUT2D eigenvalue weighted by Gasteiger charge is -1.98. The van der Waals surface area contributed by atoms with Crippen molar-refractivity contribution in [2.75, 3.05) is 0 Å². The van der Waals surface area contributed by atoms with E-state index in [0.29, 0.717) is 10.0 Å². The maximum atomic E-state index is 7.81. The van der Waals surface area contributed by atoms with E-state index in [1.54, 1.807) is 11.7 Å². The number of benzene rings is 1. The van der Waals surface area contributed by atoms with Gasteiger partial charge < -0.3 is 0 Å². The third-order valence-corrected chi connectivity index (χ3v) is 2.71. The van der Waals surface area contributed by atoms with Crippen molar-refractivity contribution in [2.24, 2.45) is 0 Å². The number of thiazole rings is 1. The van der Waals surface area contributed by atoms with Gasteiger partial charge in [0, 0.05) is 16.2 Å². The Bertz CT molecular complexity index is 512. The first kappa shape index (κ1) is 4.53. The predicted molar refractivity (Wildman–Crippen MR) is 55.3 cm³/mol. The SMILES string of the molecule is [2H]c1c([2H])c([2H])c(-c2cncs2)c(Br)c1[2H]. The number of nitrogens with zero attached hydrogens (tertiary/aromatic N) is 1. The lowest BCUT2D eigenvalue weighted by atomic mass is 10.2. The molecule has 0 fully saturated rings. The van der Waals surface area contributed by atoms with Crippen LogP contribution < -0.4 is 0 Å². The van der Waals surface area contributed by atoms with E-state index in [2.05, 4.69) is 20.9 Å². The summed E-state index contributed by atoms with van der Waals surface area (Å²) in [4.78, 5) is 4.63. The molecule has 1 heterocycles. The molecule has 0 atom stereocenters. The minimum atomic E-state index is -0.231. The van der Waals surface area contributed by atoms with Crippen LogP contribution in [0.1, 0.15) is 5.48 Å². The molecule has 0 aliphatic carbocycles. The van der Waals surface area contributed by atoms with Crippen molar-refractivity contribution in [3.8, 4) is 10.4 Å². The number of aromatic nitrogens is 1. The summed E-state index contributed by atoms with van der Waals surface area (Å²) in [5.74, 6) is 0. The molecule has 0 N–H and O–H groups in total. The standard InChI is InChI=1S/C9H6BrNS/c10-8-4-2-1-3-7(8)9-5-11-6-12-9/h1-6H/i1D,2D,3D,4D. The topological polar surface area (TPSA) is 12.9 Å². The van der Waals surface area contributed by atoms with Crippen LogP contribution in [-0.2, 0) is 0 Å². The summed E-state index contributed by atoms with van der Waals surface area (Å²) < 4.78 is 31.0. The van der Waals surface area contributed by atoms with Crippen LogP contribution in [0.5, 0.6) is 0 Å². The van der Waals surface area contributed by atoms with E-state index in [0.717, 1.165) is 4.88 Å². The van der Waals surface area contributed by atoms with E-state index in [9.17, 15) is 0 Å². The van der Waals surface area contributed by atoms with E-state index >= 15 is 0 Å². The Labute approximate surface area is 88.8 Å². The molecule has 1 nitrogen and oxygen atoms in total. The van der Waals surface area contributed by atoms with Gasteiger partial charge in [-0.2, -0.15) is 0 Å². The quantitative estimate of drug-likeness (QED) is 0.747. The molecule has 0 saturated carbocycles. The van der Waals surface area contributed by atoms with E-state index < -0.39 is 0 Å². The molecule has 1 aromatic heterocycles. The molecule has 12 heavy (non-hydrogen) atoms. The highest BCUT2D eigenvalue weighted by Crippen LogP contribution is 2.29. The maximum Gasteiger partial charge on any atom is 0.0797 e. The second kappa shape index (κ2) is 3.37. The average molecular weight is 244 g/mol. The van der Waals surface area contributed by atoms with Crippen molar-refractivity contribution < 1.29 is 5.48 Å². The molecular weight excluding hydrogens is 234 g/mol. The summed E-state index contributed by atoms with van der Waals surface area (Å²) in [5.41, 5.74) is 2.09. The molecular formula is C9H6BrNS. The lowest BCUT2D eigenvalue weighted by Crippen LogP contribution is -1.72. The van der Waals surface area contributed by atoms with Crippen molar-refractivity contribution in [2.45, 2.75) is 0 Å². The van der Waals surface area contributed by atoms with Gasteiger partial charge in [-0.15, -0.1) is 11.3 Å². The summed E-state index contributed by atoms with van der Waals surface area (Å²) in [6.07, 6.45) is 1.59. The fourth-order valence-corrected chi connectivity index (χ4v) is 1.98. The summed E-state index contributed by atoms with van der Waals surface area (Å²) in [6.45, 7) is 0. The van der Waals surface area contributed by atoms with Gasteiger partial charge in [0.25, 0.3) is 0 Å². The van der Waals surface area contributed by atoms with Crippen LogP contribution in [0.3, 0.4) is 0 Å². The second-order valence-corrected chi connectivity index (χ2v) is 3.73. The van der Waals surface area contributed by atoms with E-state index in [1.165, 1.54) is 11.3 Å². The van der Waals surface area contributed by atoms with Crippen LogP contribution in [0.2, 0.25) is 0 Å². The molecule has 0 radical (unpaired) electrons. The molecule has 2 rings (SSSR count). The van der Waals surface area contributed by atoms with Crippen LogP contribution >= 0.6 is 27.3 Å². The number of halogens is 1. The van der Waals surface area contributed by atoms with Crippen molar-refractivity contribution in [3.05, 3.63) is 40.3 Å². The van der Waals surface area contributed by atoms with Crippen LogP contribution in [0.4, 0.5) is 0 Å². The van der Waals surface area contributed by atoms with Crippen molar-refractivity contribution in [3.63, 3.8) is 0 Å². The van der Waals surface area contributed by atoms with E-state index in [1.807, 2.05) is 0 Å². The highest BCUT2D eigenvalue weighted by molar-refractivity contribution is 9.10. The third-order valence-electron chi connectivity index (χ3n) is 1.32. The first-order chi connectivity index (χ1) is 7.54. The fraction of sp³-hybridized carbons (Fsp3) is 0. The summed E-state index contributed by atoms with van der Waals surface area (Å²) in [6, 6.07) is -0.566. The van der Waals surface area contributed by atoms with Crippen LogP contribution in [0, 0.1) is 0 Å². The Balaban J connectivity index is 2.81. The number of hydrogen-bond donors (Lipinski definition) is 0. The molecule has 0 bridgehead atoms. The average Bonchev–Trinajstić information content (AvgIpc) is 2.77. The molecule has 0 unspecified atom stereocenters. The molecule has 2 aromatic rings. The molecule has 0 aliphatic rings. The second-order valence-electron chi connectivity index (χ2n) is 2.05. The van der Waals surface area contributed by atoms with E-state index in [-0.39, 0.29) is 24.2 Å². The van der Waals surface area contributed by atoms with Crippen LogP contribution in [0.25, 0.3) is 10.4 Å². The van der Waals surface area contributed by atoms with Gasteiger partial charge in [-0.05, 0) is 6.04 Å². The fourth-order valence-electron chi connectivity index (χ4n) is 0.806. The molecule has 0 amide bonds. The van der Waals surface area contributed by atoms with E-state index in [4.69, 9.17) is 5.48 Å². The maximum absolute atomic E-state index is 7.81. The van der Waals surface area contributed by atoms with Gasteiger partial charge in [0.1, 0.15) is 0 Å². The Hall–Kier alpha value is -0.670. The van der Waals surface area contributed by atoms with Gasteiger partial charge in [-0.3, -0.25) is 4.98 Å². The van der Waals surface area contributed by atoms with Gasteiger partial charge in [0.15, 0.2) is 0 Å². The van der Waals surface area contributed by atoms with Gasteiger partial charge in [-0.25, -0.2) is 0 Å². The molecule has 1 aromatic carbocycles. The first-order valence-corrected chi connectivity index (χ1v) is 4.86. The number of rotatable bonds is 1. The van der Waals surface area contributed by atoms with Crippen LogP contribution in [-0.4, -0.2) is 4.98 Å². The normalized spacial score (nSPS) is 14.8. The van der Waals surface area contributed by atoms with Crippen molar-refractivity contribution >= 4 is 27.3 Å². The molecule has 0 saturated heterocycles. The zero-order chi connectivity index (χ0) is 11.9. The minimum Gasteiger partial charge on any atom is -0.252 e. The molecule has 3 heteroatoms. The zero-order valence-corrected chi connectivity index (χ0v) is 8.29. The molecule has 60 valence electrons. The van der Waals surface area contributed by atoms with Gasteiger partial charge in [-0.1, -0.05) is 34.1 Å². The minimum absolute atomic E-state index is 0.0443. The lowest BCUT2D eigenvalue weighted by molar-refractivity contribution is 1.42.